The molecule has 0 aromatic carbocycles. The molecule has 0 aromatic heterocycles. The van der Waals surface area contributed by atoms with Crippen LogP contribution in [-0.2, 0) is 19.1 Å². The Kier molecular flexibility index (Phi) is 9.63. The summed E-state index contributed by atoms with van der Waals surface area (Å²) in [6, 6.07) is -1.14. The number of halogens is 1. The van der Waals surface area contributed by atoms with E-state index in [1.54, 1.807) is 20.8 Å². The van der Waals surface area contributed by atoms with Crippen LogP contribution in [0.25, 0.3) is 0 Å². The number of carboxylic acids is 1. The standard InChI is InChI=1S/C10H17NO6S.ClH/c1-10(2,3)8(14)16-5-17-9(15)18-4-6(11)7(12)13;/h6H,4-5,11H2,1-3H3,(H,12,13);1H/t6-;/m0./s1. The van der Waals surface area contributed by atoms with Crippen LogP contribution in [0.3, 0.4) is 0 Å². The lowest BCUT2D eigenvalue weighted by Crippen LogP contribution is -2.33. The number of ether oxygens (including phenoxy) is 2. The molecule has 0 saturated carbocycles. The maximum absolute atomic E-state index is 11.3. The second-order valence-electron chi connectivity index (χ2n) is 4.45. The summed E-state index contributed by atoms with van der Waals surface area (Å²) >= 11 is 0.614. The van der Waals surface area contributed by atoms with Crippen LogP contribution in [0.15, 0.2) is 0 Å². The van der Waals surface area contributed by atoms with Crippen molar-refractivity contribution >= 4 is 41.4 Å². The molecule has 0 bridgehead atoms. The van der Waals surface area contributed by atoms with E-state index in [2.05, 4.69) is 9.47 Å². The van der Waals surface area contributed by atoms with E-state index in [1.807, 2.05) is 0 Å². The van der Waals surface area contributed by atoms with E-state index in [9.17, 15) is 14.4 Å². The number of esters is 1. The molecule has 7 nitrogen and oxygen atoms in total. The first-order valence-electron chi connectivity index (χ1n) is 5.09. The number of carbonyl (C=O) groups is 3. The van der Waals surface area contributed by atoms with Gasteiger partial charge in [-0.2, -0.15) is 0 Å². The molecule has 3 N–H and O–H groups in total. The van der Waals surface area contributed by atoms with Gasteiger partial charge in [-0.1, -0.05) is 0 Å². The molecule has 0 radical (unpaired) electrons. The number of aliphatic carboxylic acids is 1. The minimum Gasteiger partial charge on any atom is -0.480 e. The molecule has 0 heterocycles. The third-order valence-electron chi connectivity index (χ3n) is 1.68. The zero-order chi connectivity index (χ0) is 14.3. The van der Waals surface area contributed by atoms with Crippen molar-refractivity contribution in [2.24, 2.45) is 11.1 Å². The van der Waals surface area contributed by atoms with Crippen molar-refractivity contribution in [1.82, 2.24) is 0 Å². The van der Waals surface area contributed by atoms with Crippen LogP contribution in [-0.4, -0.2) is 40.9 Å². The fourth-order valence-electron chi connectivity index (χ4n) is 0.618. The fourth-order valence-corrected chi connectivity index (χ4v) is 1.21. The highest BCUT2D eigenvalue weighted by Crippen LogP contribution is 2.15. The Balaban J connectivity index is 0. The van der Waals surface area contributed by atoms with Gasteiger partial charge in [0.2, 0.25) is 6.79 Å². The van der Waals surface area contributed by atoms with Gasteiger partial charge in [-0.15, -0.1) is 12.4 Å². The minimum atomic E-state index is -1.20. The van der Waals surface area contributed by atoms with Gasteiger partial charge in [-0.3, -0.25) is 9.59 Å². The van der Waals surface area contributed by atoms with Crippen molar-refractivity contribution in [2.75, 3.05) is 12.5 Å². The Bertz CT molecular complexity index is 330. The molecule has 1 atom stereocenters. The number of hydrogen-bond donors (Lipinski definition) is 2. The zero-order valence-corrected chi connectivity index (χ0v) is 12.5. The van der Waals surface area contributed by atoms with Crippen molar-refractivity contribution in [3.63, 3.8) is 0 Å². The van der Waals surface area contributed by atoms with E-state index in [1.165, 1.54) is 0 Å². The molecule has 0 unspecified atom stereocenters. The van der Waals surface area contributed by atoms with Crippen LogP contribution in [0.1, 0.15) is 20.8 Å². The Hall–Kier alpha value is -0.990. The summed E-state index contributed by atoms with van der Waals surface area (Å²) in [5.41, 5.74) is 4.51. The normalized spacial score (nSPS) is 12.0. The average molecular weight is 316 g/mol. The third-order valence-corrected chi connectivity index (χ3v) is 2.56. The molecule has 0 saturated heterocycles. The SMILES string of the molecule is CC(C)(C)C(=O)OCOC(=O)SC[C@H](N)C(=O)O.Cl. The van der Waals surface area contributed by atoms with Crippen molar-refractivity contribution in [2.45, 2.75) is 26.8 Å². The van der Waals surface area contributed by atoms with Crippen LogP contribution >= 0.6 is 24.2 Å². The molecule has 0 aliphatic rings. The number of rotatable bonds is 5. The van der Waals surface area contributed by atoms with Crippen molar-refractivity contribution in [3.8, 4) is 0 Å². The summed E-state index contributed by atoms with van der Waals surface area (Å²) < 4.78 is 9.26. The molecular formula is C10H18ClNO6S. The largest absolute Gasteiger partial charge is 0.480 e. The van der Waals surface area contributed by atoms with Gasteiger partial charge in [0, 0.05) is 5.75 Å². The van der Waals surface area contributed by atoms with Crippen molar-refractivity contribution in [3.05, 3.63) is 0 Å². The lowest BCUT2D eigenvalue weighted by atomic mass is 9.98. The van der Waals surface area contributed by atoms with Gasteiger partial charge in [0.25, 0.3) is 0 Å². The molecule has 0 amide bonds. The summed E-state index contributed by atoms with van der Waals surface area (Å²) in [7, 11) is 0. The van der Waals surface area contributed by atoms with Gasteiger partial charge in [0.05, 0.1) is 5.41 Å². The van der Waals surface area contributed by atoms with Gasteiger partial charge < -0.3 is 20.3 Å². The van der Waals surface area contributed by atoms with Gasteiger partial charge in [-0.25, -0.2) is 4.79 Å². The van der Waals surface area contributed by atoms with Crippen molar-refractivity contribution in [1.29, 1.82) is 0 Å². The molecule has 0 aliphatic heterocycles. The highest BCUT2D eigenvalue weighted by atomic mass is 35.5. The highest BCUT2D eigenvalue weighted by Gasteiger charge is 2.23. The Morgan fingerprint density at radius 1 is 1.26 bits per heavy atom. The molecular weight excluding hydrogens is 298 g/mol. The Morgan fingerprint density at radius 3 is 2.21 bits per heavy atom. The van der Waals surface area contributed by atoms with E-state index < -0.39 is 35.5 Å². The van der Waals surface area contributed by atoms with Crippen LogP contribution in [0.4, 0.5) is 4.79 Å². The van der Waals surface area contributed by atoms with E-state index >= 15 is 0 Å². The van der Waals surface area contributed by atoms with Gasteiger partial charge in [-0.05, 0) is 32.5 Å². The molecule has 112 valence electrons. The third kappa shape index (κ3) is 9.57. The molecule has 0 rings (SSSR count). The Labute approximate surface area is 121 Å². The molecule has 0 aromatic rings. The van der Waals surface area contributed by atoms with E-state index in [-0.39, 0.29) is 18.2 Å². The van der Waals surface area contributed by atoms with Crippen LogP contribution < -0.4 is 5.73 Å². The number of carbonyl (C=O) groups excluding carboxylic acids is 2. The van der Waals surface area contributed by atoms with Crippen LogP contribution in [0.5, 0.6) is 0 Å². The maximum Gasteiger partial charge on any atom is 0.370 e. The van der Waals surface area contributed by atoms with E-state index in [4.69, 9.17) is 10.8 Å². The lowest BCUT2D eigenvalue weighted by molar-refractivity contribution is -0.160. The molecule has 0 fully saturated rings. The van der Waals surface area contributed by atoms with Gasteiger partial charge in [0.1, 0.15) is 6.04 Å². The Morgan fingerprint density at radius 2 is 1.79 bits per heavy atom. The number of hydrogen-bond acceptors (Lipinski definition) is 7. The number of carboxylic acid groups (broad SMARTS) is 1. The average Bonchev–Trinajstić information content (AvgIpc) is 2.24. The monoisotopic (exact) mass is 315 g/mol. The first-order valence-corrected chi connectivity index (χ1v) is 6.08. The van der Waals surface area contributed by atoms with Gasteiger partial charge >= 0.3 is 17.2 Å². The number of thioether (sulfide) groups is 1. The quantitative estimate of drug-likeness (QED) is 0.575. The van der Waals surface area contributed by atoms with E-state index in [0.717, 1.165) is 0 Å². The molecule has 0 aliphatic carbocycles. The molecule has 9 heteroatoms. The van der Waals surface area contributed by atoms with Crippen molar-refractivity contribution < 1.29 is 29.0 Å². The first-order chi connectivity index (χ1) is 8.14. The summed E-state index contributed by atoms with van der Waals surface area (Å²) in [6.07, 6.45) is 0. The summed E-state index contributed by atoms with van der Waals surface area (Å²) in [5, 5.41) is 7.73. The summed E-state index contributed by atoms with van der Waals surface area (Å²) in [5.74, 6) is -1.81. The second kappa shape index (κ2) is 9.00. The summed E-state index contributed by atoms with van der Waals surface area (Å²) in [6.45, 7) is 4.50. The van der Waals surface area contributed by atoms with Gasteiger partial charge in [0.15, 0.2) is 0 Å². The van der Waals surface area contributed by atoms with Crippen LogP contribution in [0.2, 0.25) is 0 Å². The summed E-state index contributed by atoms with van der Waals surface area (Å²) in [4.78, 5) is 32.8. The zero-order valence-electron chi connectivity index (χ0n) is 10.9. The van der Waals surface area contributed by atoms with Crippen LogP contribution in [0, 0.1) is 5.41 Å². The topological polar surface area (TPSA) is 116 Å². The molecule has 19 heavy (non-hydrogen) atoms. The predicted molar refractivity (Wildman–Crippen MR) is 72.2 cm³/mol. The van der Waals surface area contributed by atoms with E-state index in [0.29, 0.717) is 11.8 Å². The predicted octanol–water partition coefficient (Wildman–Crippen LogP) is 1.24. The first kappa shape index (κ1) is 20.3. The smallest absolute Gasteiger partial charge is 0.370 e. The highest BCUT2D eigenvalue weighted by molar-refractivity contribution is 8.13. The molecule has 0 spiro atoms. The second-order valence-corrected chi connectivity index (χ2v) is 5.41. The lowest BCUT2D eigenvalue weighted by Gasteiger charge is -2.16. The fraction of sp³-hybridized carbons (Fsp3) is 0.700. The minimum absolute atomic E-state index is 0. The maximum atomic E-state index is 11.3. The number of nitrogens with two attached hydrogens (primary N) is 1.